The molecule has 0 radical (unpaired) electrons. The number of aromatic amines is 1. The van der Waals surface area contributed by atoms with Gasteiger partial charge in [-0.1, -0.05) is 5.92 Å². The van der Waals surface area contributed by atoms with Gasteiger partial charge in [0.05, 0.1) is 6.10 Å². The molecule has 0 bridgehead atoms. The lowest BCUT2D eigenvalue weighted by Gasteiger charge is -2.27. The van der Waals surface area contributed by atoms with Gasteiger partial charge in [0.25, 0.3) is 5.56 Å². The smallest absolute Gasteiger partial charge is 0.330 e. The maximum Gasteiger partial charge on any atom is 0.330 e. The van der Waals surface area contributed by atoms with Crippen molar-refractivity contribution in [3.8, 4) is 11.3 Å². The fourth-order valence-corrected chi connectivity index (χ4v) is 2.42. The Balaban J connectivity index is 2.56. The Hall–Kier alpha value is -1.63. The summed E-state index contributed by atoms with van der Waals surface area (Å²) in [6.07, 6.45) is -3.55. The standard InChI is InChI=1S/C12H14ClN3O5/c1-6(17)8-9(19)12(14,3-4-13)10(21-8)16-5-2-7(18)15-11(16)20/h2,5-6,8-10,17,19H,14H2,1H3,(H,15,18,20)/t6-,8-,9+,10-,12?/m1/s1. The first kappa shape index (κ1) is 15.8. The number of nitrogens with one attached hydrogen (secondary N) is 1. The second kappa shape index (κ2) is 5.63. The summed E-state index contributed by atoms with van der Waals surface area (Å²) in [4.78, 5) is 25.0. The van der Waals surface area contributed by atoms with Gasteiger partial charge in [0.15, 0.2) is 11.8 Å². The first-order valence-corrected chi connectivity index (χ1v) is 6.44. The minimum atomic E-state index is -1.72. The number of hydrogen-bond donors (Lipinski definition) is 4. The van der Waals surface area contributed by atoms with Gasteiger partial charge >= 0.3 is 5.69 Å². The predicted octanol–water partition coefficient (Wildman–Crippen LogP) is -1.93. The molecule has 0 aromatic carbocycles. The molecule has 1 aliphatic rings. The number of aromatic nitrogens is 2. The predicted molar refractivity (Wildman–Crippen MR) is 73.5 cm³/mol. The van der Waals surface area contributed by atoms with Crippen molar-refractivity contribution in [3.05, 3.63) is 33.1 Å². The molecule has 2 heterocycles. The van der Waals surface area contributed by atoms with E-state index in [2.05, 4.69) is 11.3 Å². The highest BCUT2D eigenvalue weighted by atomic mass is 35.5. The van der Waals surface area contributed by atoms with Crippen LogP contribution in [0.5, 0.6) is 0 Å². The minimum Gasteiger partial charge on any atom is -0.391 e. The summed E-state index contributed by atoms with van der Waals surface area (Å²) < 4.78 is 6.45. The number of hydrogen-bond acceptors (Lipinski definition) is 6. The number of H-pyrrole nitrogens is 1. The van der Waals surface area contributed by atoms with Crippen molar-refractivity contribution in [3.63, 3.8) is 0 Å². The molecule has 21 heavy (non-hydrogen) atoms. The van der Waals surface area contributed by atoms with E-state index in [1.165, 1.54) is 13.1 Å². The van der Waals surface area contributed by atoms with E-state index in [1.807, 2.05) is 4.98 Å². The van der Waals surface area contributed by atoms with Crippen LogP contribution in [0.4, 0.5) is 0 Å². The van der Waals surface area contributed by atoms with Crippen molar-refractivity contribution >= 4 is 11.6 Å². The molecule has 5 atom stereocenters. The van der Waals surface area contributed by atoms with Crippen LogP contribution in [-0.2, 0) is 4.74 Å². The van der Waals surface area contributed by atoms with Crippen LogP contribution in [0.2, 0.25) is 0 Å². The summed E-state index contributed by atoms with van der Waals surface area (Å²) in [7, 11) is 0. The summed E-state index contributed by atoms with van der Waals surface area (Å²) in [6, 6.07) is 1.10. The van der Waals surface area contributed by atoms with Gasteiger partial charge in [0.1, 0.15) is 12.2 Å². The number of ether oxygens (including phenoxy) is 1. The zero-order valence-electron chi connectivity index (χ0n) is 11.0. The van der Waals surface area contributed by atoms with E-state index in [0.29, 0.717) is 0 Å². The van der Waals surface area contributed by atoms with E-state index in [-0.39, 0.29) is 0 Å². The van der Waals surface area contributed by atoms with Crippen LogP contribution in [0, 0.1) is 11.3 Å². The van der Waals surface area contributed by atoms with Crippen LogP contribution in [-0.4, -0.2) is 43.6 Å². The van der Waals surface area contributed by atoms with Gasteiger partial charge in [-0.15, -0.1) is 0 Å². The van der Waals surface area contributed by atoms with Crippen molar-refractivity contribution in [2.24, 2.45) is 5.73 Å². The van der Waals surface area contributed by atoms with E-state index >= 15 is 0 Å². The molecule has 1 aliphatic heterocycles. The van der Waals surface area contributed by atoms with E-state index in [4.69, 9.17) is 22.1 Å². The number of nitrogens with two attached hydrogens (primary N) is 1. The first-order valence-electron chi connectivity index (χ1n) is 6.06. The third kappa shape index (κ3) is 2.62. The Kier molecular flexibility index (Phi) is 4.22. The molecule has 0 spiro atoms. The summed E-state index contributed by atoms with van der Waals surface area (Å²) in [5.41, 5.74) is 2.94. The lowest BCUT2D eigenvalue weighted by molar-refractivity contribution is -0.0778. The number of aliphatic hydroxyl groups excluding tert-OH is 2. The lowest BCUT2D eigenvalue weighted by Crippen LogP contribution is -2.55. The zero-order valence-corrected chi connectivity index (χ0v) is 11.7. The van der Waals surface area contributed by atoms with Gasteiger partial charge < -0.3 is 20.7 Å². The minimum absolute atomic E-state index is 0.590. The summed E-state index contributed by atoms with van der Waals surface area (Å²) >= 11 is 5.37. The molecule has 1 fully saturated rings. The van der Waals surface area contributed by atoms with Crippen molar-refractivity contribution < 1.29 is 14.9 Å². The molecular weight excluding hydrogens is 302 g/mol. The van der Waals surface area contributed by atoms with Crippen LogP contribution >= 0.6 is 11.6 Å². The van der Waals surface area contributed by atoms with Crippen molar-refractivity contribution in [1.82, 2.24) is 9.55 Å². The van der Waals surface area contributed by atoms with Crippen LogP contribution < -0.4 is 17.0 Å². The molecule has 1 aromatic rings. The summed E-state index contributed by atoms with van der Waals surface area (Å²) in [6.45, 7) is 1.40. The van der Waals surface area contributed by atoms with Gasteiger partial charge in [0.2, 0.25) is 0 Å². The Labute approximate surface area is 124 Å². The highest BCUT2D eigenvalue weighted by Crippen LogP contribution is 2.36. The Morgan fingerprint density at radius 3 is 2.81 bits per heavy atom. The molecule has 1 aromatic heterocycles. The summed E-state index contributed by atoms with van der Waals surface area (Å²) in [5, 5.41) is 21.9. The van der Waals surface area contributed by atoms with Gasteiger partial charge in [-0.2, -0.15) is 0 Å². The molecule has 0 aliphatic carbocycles. The number of aliphatic hydroxyl groups is 2. The average Bonchev–Trinajstić information content (AvgIpc) is 2.64. The monoisotopic (exact) mass is 315 g/mol. The highest BCUT2D eigenvalue weighted by Gasteiger charge is 2.55. The fourth-order valence-electron chi connectivity index (χ4n) is 2.26. The lowest BCUT2D eigenvalue weighted by atomic mass is 9.90. The molecule has 5 N–H and O–H groups in total. The number of halogens is 1. The van der Waals surface area contributed by atoms with E-state index in [0.717, 1.165) is 10.6 Å². The normalized spacial score (nSPS) is 33.3. The molecule has 8 nitrogen and oxygen atoms in total. The molecule has 1 unspecified atom stereocenters. The fraction of sp³-hybridized carbons (Fsp3) is 0.500. The highest BCUT2D eigenvalue weighted by molar-refractivity contribution is 6.30. The Morgan fingerprint density at radius 1 is 1.62 bits per heavy atom. The Bertz CT molecular complexity index is 703. The second-order valence-corrected chi connectivity index (χ2v) is 5.00. The largest absolute Gasteiger partial charge is 0.391 e. The van der Waals surface area contributed by atoms with Crippen LogP contribution in [0.3, 0.4) is 0 Å². The number of nitrogens with zero attached hydrogens (tertiary/aromatic N) is 1. The van der Waals surface area contributed by atoms with E-state index < -0.39 is 41.3 Å². The molecule has 9 heteroatoms. The molecule has 0 saturated carbocycles. The topological polar surface area (TPSA) is 131 Å². The van der Waals surface area contributed by atoms with Crippen molar-refractivity contribution in [2.75, 3.05) is 0 Å². The van der Waals surface area contributed by atoms with E-state index in [1.54, 1.807) is 0 Å². The van der Waals surface area contributed by atoms with Crippen LogP contribution in [0.25, 0.3) is 0 Å². The summed E-state index contributed by atoms with van der Waals surface area (Å²) in [5.74, 6) is 2.40. The first-order chi connectivity index (χ1) is 9.81. The van der Waals surface area contributed by atoms with Gasteiger partial charge in [-0.05, 0) is 18.5 Å². The molecule has 2 rings (SSSR count). The quantitative estimate of drug-likeness (QED) is 0.470. The Morgan fingerprint density at radius 2 is 2.29 bits per heavy atom. The maximum absolute atomic E-state index is 11.8. The maximum atomic E-state index is 11.8. The third-order valence-corrected chi connectivity index (χ3v) is 3.43. The van der Waals surface area contributed by atoms with Gasteiger partial charge in [-0.25, -0.2) is 4.79 Å². The molecule has 114 valence electrons. The third-order valence-electron chi connectivity index (χ3n) is 3.34. The average molecular weight is 316 g/mol. The van der Waals surface area contributed by atoms with Crippen molar-refractivity contribution in [1.29, 1.82) is 0 Å². The zero-order chi connectivity index (χ0) is 15.8. The van der Waals surface area contributed by atoms with Gasteiger partial charge in [-0.3, -0.25) is 14.3 Å². The number of rotatable bonds is 2. The SMILES string of the molecule is C[C@@H](O)[C@H]1O[C@@H](n2ccc(=O)[nH]c2=O)C(N)(C#CCl)[C@H]1O. The van der Waals surface area contributed by atoms with E-state index in [9.17, 15) is 19.8 Å². The molecular formula is C12H14ClN3O5. The van der Waals surface area contributed by atoms with Gasteiger partial charge in [0, 0.05) is 17.6 Å². The second-order valence-electron chi connectivity index (χ2n) is 4.81. The van der Waals surface area contributed by atoms with Crippen LogP contribution in [0.1, 0.15) is 13.2 Å². The molecule has 0 amide bonds. The molecule has 1 saturated heterocycles. The van der Waals surface area contributed by atoms with Crippen LogP contribution in [0.15, 0.2) is 21.9 Å². The van der Waals surface area contributed by atoms with Crippen molar-refractivity contribution in [2.45, 2.75) is 37.0 Å².